The van der Waals surface area contributed by atoms with Gasteiger partial charge < -0.3 is 0 Å². The van der Waals surface area contributed by atoms with Gasteiger partial charge in [0.15, 0.2) is 10.6 Å². The molecule has 1 aliphatic heterocycles. The van der Waals surface area contributed by atoms with Gasteiger partial charge in [0.1, 0.15) is 0 Å². The molecule has 0 fully saturated rings. The third kappa shape index (κ3) is 2.32. The van der Waals surface area contributed by atoms with E-state index in [4.69, 9.17) is 0 Å². The van der Waals surface area contributed by atoms with E-state index in [2.05, 4.69) is 5.10 Å². The minimum Gasteiger partial charge on any atom is -0.294 e. The van der Waals surface area contributed by atoms with E-state index in [-0.39, 0.29) is 4.90 Å². The van der Waals surface area contributed by atoms with Crippen LogP contribution in [0.4, 0.5) is 13.2 Å². The molecule has 1 heterocycles. The number of hydrogen-bond acceptors (Lipinski definition) is 4. The summed E-state index contributed by atoms with van der Waals surface area (Å²) >= 11 is 0. The first-order valence-corrected chi connectivity index (χ1v) is 6.86. The Morgan fingerprint density at radius 2 is 1.84 bits per heavy atom. The summed E-state index contributed by atoms with van der Waals surface area (Å²) in [7, 11) is -3.98. The smallest absolute Gasteiger partial charge is 0.294 e. The first kappa shape index (κ1) is 13.9. The molecule has 0 saturated carbocycles. The number of nitrogens with zero attached hydrogens (tertiary/aromatic N) is 1. The summed E-state index contributed by atoms with van der Waals surface area (Å²) in [6, 6.07) is 7.26. The summed E-state index contributed by atoms with van der Waals surface area (Å²) in [6.07, 6.45) is -5.29. The highest BCUT2D eigenvalue weighted by Gasteiger charge is 2.56. The van der Waals surface area contributed by atoms with Crippen LogP contribution in [0.3, 0.4) is 0 Å². The standard InChI is InChI=1S/C11H11F3N2O2S/c1-10(11(12,13)14)7-9(15-16-10)19(17,18)8-5-3-2-4-6-8/h2-6,16H,7H2,1H3. The van der Waals surface area contributed by atoms with Gasteiger partial charge >= 0.3 is 6.18 Å². The number of hydrogen-bond donors (Lipinski definition) is 1. The van der Waals surface area contributed by atoms with Crippen LogP contribution in [0, 0.1) is 0 Å². The van der Waals surface area contributed by atoms with Gasteiger partial charge in [0.2, 0.25) is 9.84 Å². The van der Waals surface area contributed by atoms with Crippen molar-refractivity contribution in [2.24, 2.45) is 5.10 Å². The fourth-order valence-electron chi connectivity index (χ4n) is 1.62. The molecule has 0 aromatic heterocycles. The number of rotatable bonds is 1. The van der Waals surface area contributed by atoms with Crippen LogP contribution in [0.1, 0.15) is 13.3 Å². The highest BCUT2D eigenvalue weighted by molar-refractivity contribution is 8.06. The fourth-order valence-corrected chi connectivity index (χ4v) is 3.05. The monoisotopic (exact) mass is 292 g/mol. The Labute approximate surface area is 108 Å². The van der Waals surface area contributed by atoms with Gasteiger partial charge in [-0.25, -0.2) is 8.42 Å². The van der Waals surface area contributed by atoms with E-state index in [1.807, 2.05) is 5.43 Å². The Hall–Kier alpha value is -1.57. The van der Waals surface area contributed by atoms with E-state index < -0.39 is 33.0 Å². The molecule has 1 aromatic carbocycles. The quantitative estimate of drug-likeness (QED) is 0.862. The summed E-state index contributed by atoms with van der Waals surface area (Å²) in [5, 5.41) is 2.86. The highest BCUT2D eigenvalue weighted by atomic mass is 32.2. The topological polar surface area (TPSA) is 58.5 Å². The van der Waals surface area contributed by atoms with Gasteiger partial charge in [-0.1, -0.05) is 18.2 Å². The van der Waals surface area contributed by atoms with Crippen molar-refractivity contribution in [2.45, 2.75) is 30.0 Å². The van der Waals surface area contributed by atoms with Crippen molar-refractivity contribution in [1.82, 2.24) is 5.43 Å². The predicted molar refractivity (Wildman–Crippen MR) is 63.3 cm³/mol. The van der Waals surface area contributed by atoms with Crippen LogP contribution in [0.5, 0.6) is 0 Å². The second-order valence-corrected chi connectivity index (χ2v) is 6.39. The van der Waals surface area contributed by atoms with Gasteiger partial charge in [0, 0.05) is 6.42 Å². The number of sulfone groups is 1. The largest absolute Gasteiger partial charge is 0.413 e. The molecule has 0 saturated heterocycles. The SMILES string of the molecule is CC1(C(F)(F)F)CC(S(=O)(=O)c2ccccc2)=NN1. The van der Waals surface area contributed by atoms with Gasteiger partial charge in [-0.3, -0.25) is 5.43 Å². The highest BCUT2D eigenvalue weighted by Crippen LogP contribution is 2.37. The Kier molecular flexibility index (Phi) is 3.08. The average molecular weight is 292 g/mol. The van der Waals surface area contributed by atoms with Gasteiger partial charge in [0.05, 0.1) is 4.90 Å². The average Bonchev–Trinajstić information content (AvgIpc) is 2.74. The number of nitrogens with one attached hydrogen (secondary N) is 1. The normalized spacial score (nSPS) is 23.9. The van der Waals surface area contributed by atoms with Crippen LogP contribution in [-0.4, -0.2) is 25.2 Å². The summed E-state index contributed by atoms with van der Waals surface area (Å²) in [4.78, 5) is -0.0676. The summed E-state index contributed by atoms with van der Waals surface area (Å²) in [5.74, 6) is 0. The number of alkyl halides is 3. The zero-order valence-corrected chi connectivity index (χ0v) is 10.7. The first-order valence-electron chi connectivity index (χ1n) is 5.37. The van der Waals surface area contributed by atoms with Gasteiger partial charge in [0.25, 0.3) is 0 Å². The summed E-state index contributed by atoms with van der Waals surface area (Å²) < 4.78 is 62.6. The lowest BCUT2D eigenvalue weighted by Gasteiger charge is -2.26. The molecule has 0 radical (unpaired) electrons. The molecule has 2 rings (SSSR count). The molecule has 19 heavy (non-hydrogen) atoms. The molecule has 104 valence electrons. The molecule has 1 aromatic rings. The van der Waals surface area contributed by atoms with Crippen LogP contribution in [0.25, 0.3) is 0 Å². The zero-order chi connectivity index (χ0) is 14.3. The Morgan fingerprint density at radius 3 is 2.32 bits per heavy atom. The van der Waals surface area contributed by atoms with E-state index in [1.54, 1.807) is 6.07 Å². The first-order chi connectivity index (χ1) is 8.67. The Bertz CT molecular complexity index is 611. The summed E-state index contributed by atoms with van der Waals surface area (Å²) in [5.41, 5.74) is -0.460. The van der Waals surface area contributed by atoms with E-state index in [0.717, 1.165) is 6.92 Å². The maximum atomic E-state index is 12.8. The van der Waals surface area contributed by atoms with Crippen molar-refractivity contribution in [3.05, 3.63) is 30.3 Å². The van der Waals surface area contributed by atoms with Crippen molar-refractivity contribution in [2.75, 3.05) is 0 Å². The van der Waals surface area contributed by atoms with E-state index >= 15 is 0 Å². The third-order valence-corrected chi connectivity index (χ3v) is 4.67. The van der Waals surface area contributed by atoms with Gasteiger partial charge in [-0.15, -0.1) is 0 Å². The molecule has 1 atom stereocenters. The number of hydrazone groups is 1. The van der Waals surface area contributed by atoms with Crippen LogP contribution in [0.15, 0.2) is 40.3 Å². The van der Waals surface area contributed by atoms with Crippen LogP contribution in [0.2, 0.25) is 0 Å². The van der Waals surface area contributed by atoms with Crippen molar-refractivity contribution < 1.29 is 21.6 Å². The molecule has 1 aliphatic rings. The van der Waals surface area contributed by atoms with Crippen molar-refractivity contribution in [3.63, 3.8) is 0 Å². The van der Waals surface area contributed by atoms with Crippen molar-refractivity contribution in [1.29, 1.82) is 0 Å². The molecule has 8 heteroatoms. The second-order valence-electron chi connectivity index (χ2n) is 4.44. The van der Waals surface area contributed by atoms with Crippen LogP contribution in [-0.2, 0) is 9.84 Å². The number of benzene rings is 1. The van der Waals surface area contributed by atoms with E-state index in [1.165, 1.54) is 24.3 Å². The van der Waals surface area contributed by atoms with E-state index in [9.17, 15) is 21.6 Å². The zero-order valence-electron chi connectivity index (χ0n) is 9.90. The second kappa shape index (κ2) is 4.22. The summed E-state index contributed by atoms with van der Waals surface area (Å²) in [6.45, 7) is 0.879. The molecule has 0 amide bonds. The molecular weight excluding hydrogens is 281 g/mol. The van der Waals surface area contributed by atoms with E-state index in [0.29, 0.717) is 0 Å². The maximum Gasteiger partial charge on any atom is 0.413 e. The minimum atomic E-state index is -4.58. The lowest BCUT2D eigenvalue weighted by Crippen LogP contribution is -2.50. The molecule has 4 nitrogen and oxygen atoms in total. The van der Waals surface area contributed by atoms with Gasteiger partial charge in [-0.2, -0.15) is 18.3 Å². The lowest BCUT2D eigenvalue weighted by molar-refractivity contribution is -0.186. The van der Waals surface area contributed by atoms with Crippen molar-refractivity contribution in [3.8, 4) is 0 Å². The minimum absolute atomic E-state index is 0.0676. The Balaban J connectivity index is 2.32. The molecule has 1 unspecified atom stereocenters. The predicted octanol–water partition coefficient (Wildman–Crippen LogP) is 2.09. The molecular formula is C11H11F3N2O2S. The van der Waals surface area contributed by atoms with Crippen LogP contribution < -0.4 is 5.43 Å². The molecule has 0 spiro atoms. The van der Waals surface area contributed by atoms with Crippen molar-refractivity contribution >= 4 is 14.9 Å². The Morgan fingerprint density at radius 1 is 1.26 bits per heavy atom. The van der Waals surface area contributed by atoms with Gasteiger partial charge in [-0.05, 0) is 19.1 Å². The molecule has 0 bridgehead atoms. The number of halogens is 3. The molecule has 0 aliphatic carbocycles. The maximum absolute atomic E-state index is 12.8. The third-order valence-electron chi connectivity index (χ3n) is 2.92. The lowest BCUT2D eigenvalue weighted by atomic mass is 10.0. The molecule has 1 N–H and O–H groups in total. The fraction of sp³-hybridized carbons (Fsp3) is 0.364. The van der Waals surface area contributed by atoms with Crippen LogP contribution >= 0.6 is 0 Å².